The predicted molar refractivity (Wildman–Crippen MR) is 78.7 cm³/mol. The highest BCUT2D eigenvalue weighted by Crippen LogP contribution is 1.98. The van der Waals surface area contributed by atoms with E-state index in [9.17, 15) is 9.59 Å². The fraction of sp³-hybridized carbons (Fsp3) is 0.467. The highest BCUT2D eigenvalue weighted by Gasteiger charge is 2.16. The largest absolute Gasteiger partial charge is 0.354 e. The molecule has 0 radical (unpaired) electrons. The van der Waals surface area contributed by atoms with Gasteiger partial charge in [-0.3, -0.25) is 9.59 Å². The molecule has 20 heavy (non-hydrogen) atoms. The van der Waals surface area contributed by atoms with Crippen LogP contribution in [0.15, 0.2) is 30.3 Å². The molecule has 0 bridgehead atoms. The Balaban J connectivity index is 2.19. The maximum atomic E-state index is 11.6. The van der Waals surface area contributed by atoms with Gasteiger partial charge in [-0.1, -0.05) is 44.2 Å². The highest BCUT2D eigenvalue weighted by atomic mass is 16.2. The number of amides is 2. The second-order valence-corrected chi connectivity index (χ2v) is 5.07. The zero-order chi connectivity index (χ0) is 15.0. The number of nitrogens with one attached hydrogen (secondary N) is 2. The quantitative estimate of drug-likeness (QED) is 0.689. The van der Waals surface area contributed by atoms with Crippen molar-refractivity contribution in [3.05, 3.63) is 35.9 Å². The van der Waals surface area contributed by atoms with Crippen LogP contribution in [0.5, 0.6) is 0 Å². The maximum absolute atomic E-state index is 11.6. The van der Waals surface area contributed by atoms with Crippen LogP contribution in [0.25, 0.3) is 0 Å². The summed E-state index contributed by atoms with van der Waals surface area (Å²) < 4.78 is 0. The van der Waals surface area contributed by atoms with Gasteiger partial charge >= 0.3 is 0 Å². The molecule has 0 heterocycles. The molecule has 110 valence electrons. The Labute approximate surface area is 119 Å². The van der Waals surface area contributed by atoms with Gasteiger partial charge in [0.05, 0.1) is 6.04 Å². The van der Waals surface area contributed by atoms with Crippen LogP contribution >= 0.6 is 0 Å². The van der Waals surface area contributed by atoms with Crippen LogP contribution in [0.3, 0.4) is 0 Å². The molecule has 0 aliphatic rings. The average molecular weight is 277 g/mol. The van der Waals surface area contributed by atoms with Crippen molar-refractivity contribution >= 4 is 11.8 Å². The normalized spacial score (nSPS) is 12.0. The third-order valence-electron chi connectivity index (χ3n) is 3.00. The van der Waals surface area contributed by atoms with Crippen molar-refractivity contribution in [3.8, 4) is 0 Å². The van der Waals surface area contributed by atoms with E-state index in [0.717, 1.165) is 5.56 Å². The van der Waals surface area contributed by atoms with Gasteiger partial charge in [0.1, 0.15) is 0 Å². The topological polar surface area (TPSA) is 84.2 Å². The molecule has 0 aliphatic carbocycles. The first-order valence-corrected chi connectivity index (χ1v) is 6.84. The first kappa shape index (κ1) is 16.2. The van der Waals surface area contributed by atoms with E-state index in [1.807, 2.05) is 44.2 Å². The number of hydrogen-bond acceptors (Lipinski definition) is 3. The first-order chi connectivity index (χ1) is 9.50. The van der Waals surface area contributed by atoms with Crippen LogP contribution in [0.1, 0.15) is 25.8 Å². The second-order valence-electron chi connectivity index (χ2n) is 5.07. The number of carbonyl (C=O) groups is 2. The molecule has 5 nitrogen and oxygen atoms in total. The summed E-state index contributed by atoms with van der Waals surface area (Å²) in [6, 6.07) is 9.15. The van der Waals surface area contributed by atoms with Crippen molar-refractivity contribution < 1.29 is 9.59 Å². The minimum Gasteiger partial charge on any atom is -0.354 e. The van der Waals surface area contributed by atoms with Gasteiger partial charge in [-0.15, -0.1) is 0 Å². The van der Waals surface area contributed by atoms with Crippen LogP contribution in [0, 0.1) is 5.92 Å². The summed E-state index contributed by atoms with van der Waals surface area (Å²) in [6.45, 7) is 4.58. The molecule has 4 N–H and O–H groups in total. The van der Waals surface area contributed by atoms with E-state index in [1.54, 1.807) is 0 Å². The molecule has 0 saturated heterocycles. The minimum atomic E-state index is -0.526. The second kappa shape index (κ2) is 8.32. The lowest BCUT2D eigenvalue weighted by atomic mass is 10.1. The monoisotopic (exact) mass is 277 g/mol. The Bertz CT molecular complexity index is 432. The fourth-order valence-corrected chi connectivity index (χ4v) is 1.60. The summed E-state index contributed by atoms with van der Waals surface area (Å²) in [6.07, 6.45) is 0.253. The van der Waals surface area contributed by atoms with E-state index >= 15 is 0 Å². The van der Waals surface area contributed by atoms with Gasteiger partial charge < -0.3 is 16.4 Å². The van der Waals surface area contributed by atoms with E-state index in [1.165, 1.54) is 0 Å². The number of rotatable bonds is 7. The highest BCUT2D eigenvalue weighted by molar-refractivity contribution is 5.82. The Morgan fingerprint density at radius 1 is 1.15 bits per heavy atom. The number of benzene rings is 1. The third kappa shape index (κ3) is 5.84. The van der Waals surface area contributed by atoms with E-state index in [-0.39, 0.29) is 24.2 Å². The first-order valence-electron chi connectivity index (χ1n) is 6.84. The van der Waals surface area contributed by atoms with E-state index < -0.39 is 6.04 Å². The van der Waals surface area contributed by atoms with Crippen LogP contribution in [-0.4, -0.2) is 24.4 Å². The Morgan fingerprint density at radius 2 is 1.80 bits per heavy atom. The summed E-state index contributed by atoms with van der Waals surface area (Å²) in [7, 11) is 0. The van der Waals surface area contributed by atoms with Gasteiger partial charge in [0.2, 0.25) is 11.8 Å². The van der Waals surface area contributed by atoms with Gasteiger partial charge in [-0.2, -0.15) is 0 Å². The third-order valence-corrected chi connectivity index (χ3v) is 3.00. The average Bonchev–Trinajstić information content (AvgIpc) is 2.45. The van der Waals surface area contributed by atoms with Crippen molar-refractivity contribution in [2.75, 3.05) is 6.54 Å². The predicted octanol–water partition coefficient (Wildman–Crippen LogP) is 0.792. The molecule has 0 aliphatic heterocycles. The Kier molecular flexibility index (Phi) is 6.73. The molecule has 1 atom stereocenters. The van der Waals surface area contributed by atoms with Gasteiger partial charge in [0.25, 0.3) is 0 Å². The smallest absolute Gasteiger partial charge is 0.237 e. The zero-order valence-corrected chi connectivity index (χ0v) is 12.1. The summed E-state index contributed by atoms with van der Waals surface area (Å²) in [4.78, 5) is 23.2. The summed E-state index contributed by atoms with van der Waals surface area (Å²) in [5, 5.41) is 5.47. The van der Waals surface area contributed by atoms with Gasteiger partial charge in [-0.05, 0) is 11.5 Å². The minimum absolute atomic E-state index is 0.0851. The maximum Gasteiger partial charge on any atom is 0.237 e. The van der Waals surface area contributed by atoms with Crippen molar-refractivity contribution in [1.29, 1.82) is 0 Å². The van der Waals surface area contributed by atoms with Crippen LogP contribution < -0.4 is 16.4 Å². The molecule has 0 unspecified atom stereocenters. The SMILES string of the molecule is CC(C)[C@H](N)C(=O)NCCC(=O)NCc1ccccc1. The molecule has 1 aromatic rings. The van der Waals surface area contributed by atoms with E-state index in [2.05, 4.69) is 10.6 Å². The van der Waals surface area contributed by atoms with Gasteiger partial charge in [0, 0.05) is 19.5 Å². The molecule has 0 spiro atoms. The fourth-order valence-electron chi connectivity index (χ4n) is 1.60. The van der Waals surface area contributed by atoms with Crippen molar-refractivity contribution in [2.24, 2.45) is 11.7 Å². The molecule has 2 amide bonds. The van der Waals surface area contributed by atoms with Crippen molar-refractivity contribution in [2.45, 2.75) is 32.9 Å². The molecule has 1 aromatic carbocycles. The lowest BCUT2D eigenvalue weighted by Crippen LogP contribution is -2.44. The molecule has 0 fully saturated rings. The standard InChI is InChI=1S/C15H23N3O2/c1-11(2)14(16)15(20)17-9-8-13(19)18-10-12-6-4-3-5-7-12/h3-7,11,14H,8-10,16H2,1-2H3,(H,17,20)(H,18,19)/t14-/m0/s1. The number of hydrogen-bond donors (Lipinski definition) is 3. The van der Waals surface area contributed by atoms with Crippen LogP contribution in [-0.2, 0) is 16.1 Å². The van der Waals surface area contributed by atoms with Gasteiger partial charge in [-0.25, -0.2) is 0 Å². The number of nitrogens with two attached hydrogens (primary N) is 1. The molecule has 5 heteroatoms. The molecule has 0 aromatic heterocycles. The number of carbonyl (C=O) groups excluding carboxylic acids is 2. The summed E-state index contributed by atoms with van der Waals surface area (Å²) in [5.41, 5.74) is 6.75. The van der Waals surface area contributed by atoms with E-state index in [0.29, 0.717) is 13.1 Å². The Morgan fingerprint density at radius 3 is 2.40 bits per heavy atom. The van der Waals surface area contributed by atoms with E-state index in [4.69, 9.17) is 5.73 Å². The zero-order valence-electron chi connectivity index (χ0n) is 12.1. The summed E-state index contributed by atoms with van der Waals surface area (Å²) >= 11 is 0. The lowest BCUT2D eigenvalue weighted by molar-refractivity contribution is -0.123. The van der Waals surface area contributed by atoms with Crippen LogP contribution in [0.2, 0.25) is 0 Å². The van der Waals surface area contributed by atoms with Gasteiger partial charge in [0.15, 0.2) is 0 Å². The molecular weight excluding hydrogens is 254 g/mol. The summed E-state index contributed by atoms with van der Waals surface area (Å²) in [5.74, 6) is -0.218. The lowest BCUT2D eigenvalue weighted by Gasteiger charge is -2.15. The Hall–Kier alpha value is -1.88. The molecule has 1 rings (SSSR count). The van der Waals surface area contributed by atoms with Crippen molar-refractivity contribution in [1.82, 2.24) is 10.6 Å². The molecule has 0 saturated carbocycles. The molecular formula is C15H23N3O2. The van der Waals surface area contributed by atoms with Crippen LogP contribution in [0.4, 0.5) is 0 Å². The van der Waals surface area contributed by atoms with Crippen molar-refractivity contribution in [3.63, 3.8) is 0 Å².